The van der Waals surface area contributed by atoms with E-state index in [1.54, 1.807) is 18.2 Å². The van der Waals surface area contributed by atoms with Crippen LogP contribution in [-0.4, -0.2) is 36.2 Å². The largest absolute Gasteiger partial charge is 0.395 e. The van der Waals surface area contributed by atoms with Gasteiger partial charge < -0.3 is 15.7 Å². The Morgan fingerprint density at radius 1 is 1.47 bits per heavy atom. The fourth-order valence-corrected chi connectivity index (χ4v) is 1.44. The molecule has 1 aromatic rings. The molecule has 0 bridgehead atoms. The van der Waals surface area contributed by atoms with Crippen molar-refractivity contribution in [3.63, 3.8) is 0 Å². The summed E-state index contributed by atoms with van der Waals surface area (Å²) >= 11 is 0. The van der Waals surface area contributed by atoms with Gasteiger partial charge in [-0.25, -0.2) is 4.39 Å². The minimum Gasteiger partial charge on any atom is -0.395 e. The molecule has 15 heavy (non-hydrogen) atoms. The monoisotopic (exact) mass is 212 g/mol. The molecule has 0 saturated carbocycles. The van der Waals surface area contributed by atoms with Crippen LogP contribution in [0.4, 0.5) is 4.39 Å². The predicted octanol–water partition coefficient (Wildman–Crippen LogP) is 0.577. The Morgan fingerprint density at radius 2 is 2.13 bits per heavy atom. The number of hydrogen-bond donors (Lipinski definition) is 2. The lowest BCUT2D eigenvalue weighted by Gasteiger charge is -2.20. The van der Waals surface area contributed by atoms with Gasteiger partial charge in [0.2, 0.25) is 0 Å². The molecule has 4 heteroatoms. The number of hydrogen-bond acceptors (Lipinski definition) is 3. The average Bonchev–Trinajstić information content (AvgIpc) is 2.21. The molecule has 0 radical (unpaired) electrons. The second kappa shape index (κ2) is 5.80. The van der Waals surface area contributed by atoms with E-state index in [2.05, 4.69) is 0 Å². The van der Waals surface area contributed by atoms with Gasteiger partial charge >= 0.3 is 0 Å². The van der Waals surface area contributed by atoms with Crippen LogP contribution in [0.25, 0.3) is 0 Å². The van der Waals surface area contributed by atoms with E-state index >= 15 is 0 Å². The van der Waals surface area contributed by atoms with Crippen LogP contribution in [0, 0.1) is 5.82 Å². The molecule has 0 fully saturated rings. The van der Waals surface area contributed by atoms with E-state index < -0.39 is 0 Å². The van der Waals surface area contributed by atoms with Gasteiger partial charge in [-0.05, 0) is 13.1 Å². The summed E-state index contributed by atoms with van der Waals surface area (Å²) in [6.07, 6.45) is 0. The van der Waals surface area contributed by atoms with Crippen molar-refractivity contribution in [3.05, 3.63) is 35.6 Å². The zero-order valence-corrected chi connectivity index (χ0v) is 8.86. The van der Waals surface area contributed by atoms with Crippen LogP contribution in [0.15, 0.2) is 24.3 Å². The summed E-state index contributed by atoms with van der Waals surface area (Å²) < 4.78 is 13.3. The normalized spacial score (nSPS) is 13.1. The lowest BCUT2D eigenvalue weighted by Crippen LogP contribution is -2.37. The lowest BCUT2D eigenvalue weighted by atomic mass is 10.2. The van der Waals surface area contributed by atoms with Gasteiger partial charge in [0.15, 0.2) is 0 Å². The average molecular weight is 212 g/mol. The highest BCUT2D eigenvalue weighted by atomic mass is 19.1. The van der Waals surface area contributed by atoms with Crippen molar-refractivity contribution in [2.24, 2.45) is 5.73 Å². The molecule has 1 unspecified atom stereocenters. The molecule has 1 rings (SSSR count). The van der Waals surface area contributed by atoms with Crippen molar-refractivity contribution < 1.29 is 9.50 Å². The van der Waals surface area contributed by atoms with E-state index in [-0.39, 0.29) is 18.5 Å². The standard InChI is InChI=1S/C11H17FN2O/c1-14(7-10(13)8-15)6-9-4-2-3-5-11(9)12/h2-5,10,15H,6-8,13H2,1H3. The van der Waals surface area contributed by atoms with E-state index in [0.717, 1.165) is 0 Å². The Kier molecular flexibility index (Phi) is 4.68. The summed E-state index contributed by atoms with van der Waals surface area (Å²) in [6, 6.07) is 6.38. The Morgan fingerprint density at radius 3 is 2.73 bits per heavy atom. The first-order valence-corrected chi connectivity index (χ1v) is 4.92. The molecule has 0 amide bonds. The highest BCUT2D eigenvalue weighted by Gasteiger charge is 2.08. The maximum atomic E-state index is 13.3. The van der Waals surface area contributed by atoms with Gasteiger partial charge in [-0.15, -0.1) is 0 Å². The molecule has 1 aromatic carbocycles. The Hall–Kier alpha value is -0.970. The van der Waals surface area contributed by atoms with Gasteiger partial charge in [0.1, 0.15) is 5.82 Å². The zero-order valence-electron chi connectivity index (χ0n) is 8.86. The van der Waals surface area contributed by atoms with Gasteiger partial charge in [-0.1, -0.05) is 18.2 Å². The molecule has 1 atom stereocenters. The molecule has 84 valence electrons. The molecule has 3 N–H and O–H groups in total. The van der Waals surface area contributed by atoms with Gasteiger partial charge in [0, 0.05) is 24.7 Å². The fourth-order valence-electron chi connectivity index (χ4n) is 1.44. The maximum Gasteiger partial charge on any atom is 0.127 e. The molecule has 3 nitrogen and oxygen atoms in total. The van der Waals surface area contributed by atoms with Crippen molar-refractivity contribution in [2.75, 3.05) is 20.2 Å². The second-order valence-electron chi connectivity index (χ2n) is 3.73. The molecule has 0 aromatic heterocycles. The number of aliphatic hydroxyl groups excluding tert-OH is 1. The van der Waals surface area contributed by atoms with Crippen LogP contribution in [0.2, 0.25) is 0 Å². The summed E-state index contributed by atoms with van der Waals surface area (Å²) in [6.45, 7) is 0.993. The van der Waals surface area contributed by atoms with Gasteiger partial charge in [-0.3, -0.25) is 0 Å². The van der Waals surface area contributed by atoms with Crippen molar-refractivity contribution in [3.8, 4) is 0 Å². The van der Waals surface area contributed by atoms with Crippen LogP contribution in [0.1, 0.15) is 5.56 Å². The highest BCUT2D eigenvalue weighted by Crippen LogP contribution is 2.08. The first-order valence-electron chi connectivity index (χ1n) is 4.92. The third kappa shape index (κ3) is 3.95. The lowest BCUT2D eigenvalue weighted by molar-refractivity contribution is 0.217. The van der Waals surface area contributed by atoms with Gasteiger partial charge in [-0.2, -0.15) is 0 Å². The summed E-state index contributed by atoms with van der Waals surface area (Å²) in [4.78, 5) is 1.89. The van der Waals surface area contributed by atoms with Crippen molar-refractivity contribution in [2.45, 2.75) is 12.6 Å². The molecule has 0 saturated heterocycles. The molecule has 0 aliphatic rings. The number of aliphatic hydroxyl groups is 1. The van der Waals surface area contributed by atoms with E-state index in [0.29, 0.717) is 18.7 Å². The van der Waals surface area contributed by atoms with Crippen LogP contribution < -0.4 is 5.73 Å². The third-order valence-electron chi connectivity index (χ3n) is 2.18. The first-order chi connectivity index (χ1) is 7.13. The number of nitrogens with two attached hydrogens (primary N) is 1. The van der Waals surface area contributed by atoms with Crippen LogP contribution in [0.3, 0.4) is 0 Å². The van der Waals surface area contributed by atoms with E-state index in [1.807, 2.05) is 11.9 Å². The Balaban J connectivity index is 2.51. The first kappa shape index (κ1) is 12.1. The molecule has 0 heterocycles. The predicted molar refractivity (Wildman–Crippen MR) is 57.8 cm³/mol. The minimum atomic E-state index is -0.276. The second-order valence-corrected chi connectivity index (χ2v) is 3.73. The molecule has 0 spiro atoms. The quantitative estimate of drug-likeness (QED) is 0.750. The zero-order chi connectivity index (χ0) is 11.3. The number of halogens is 1. The van der Waals surface area contributed by atoms with Crippen LogP contribution >= 0.6 is 0 Å². The van der Waals surface area contributed by atoms with Crippen LogP contribution in [0.5, 0.6) is 0 Å². The Labute approximate surface area is 89.3 Å². The molecule has 0 aliphatic carbocycles. The van der Waals surface area contributed by atoms with Gasteiger partial charge in [0.25, 0.3) is 0 Å². The third-order valence-corrected chi connectivity index (χ3v) is 2.18. The van der Waals surface area contributed by atoms with E-state index in [9.17, 15) is 4.39 Å². The van der Waals surface area contributed by atoms with E-state index in [4.69, 9.17) is 10.8 Å². The smallest absolute Gasteiger partial charge is 0.127 e. The van der Waals surface area contributed by atoms with Crippen molar-refractivity contribution in [1.82, 2.24) is 4.90 Å². The molecular weight excluding hydrogens is 195 g/mol. The summed E-state index contributed by atoms with van der Waals surface area (Å²) in [5.41, 5.74) is 6.22. The number of benzene rings is 1. The van der Waals surface area contributed by atoms with E-state index in [1.165, 1.54) is 6.07 Å². The topological polar surface area (TPSA) is 49.5 Å². The van der Waals surface area contributed by atoms with Gasteiger partial charge in [0.05, 0.1) is 6.61 Å². The summed E-state index contributed by atoms with van der Waals surface area (Å²) in [7, 11) is 1.85. The number of likely N-dealkylation sites (N-methyl/N-ethyl adjacent to an activating group) is 1. The molecular formula is C11H17FN2O. The summed E-state index contributed by atoms with van der Waals surface area (Å²) in [5, 5.41) is 8.78. The van der Waals surface area contributed by atoms with Crippen LogP contribution in [-0.2, 0) is 6.54 Å². The minimum absolute atomic E-state index is 0.0540. The number of nitrogens with zero attached hydrogens (tertiary/aromatic N) is 1. The van der Waals surface area contributed by atoms with Crippen molar-refractivity contribution in [1.29, 1.82) is 0 Å². The SMILES string of the molecule is CN(Cc1ccccc1F)CC(N)CO. The summed E-state index contributed by atoms with van der Waals surface area (Å²) in [5.74, 6) is -0.207. The Bertz CT molecular complexity index is 306. The maximum absolute atomic E-state index is 13.3. The fraction of sp³-hybridized carbons (Fsp3) is 0.455. The highest BCUT2D eigenvalue weighted by molar-refractivity contribution is 5.16. The number of rotatable bonds is 5. The van der Waals surface area contributed by atoms with Crippen molar-refractivity contribution >= 4 is 0 Å². The molecule has 0 aliphatic heterocycles.